The van der Waals surface area contributed by atoms with Crippen LogP contribution in [-0.2, 0) is 14.3 Å². The number of nitrogens with zero attached hydrogens (tertiary/aromatic N) is 1. The summed E-state index contributed by atoms with van der Waals surface area (Å²) in [5.41, 5.74) is 0. The number of hydrogen-bond donors (Lipinski definition) is 0. The summed E-state index contributed by atoms with van der Waals surface area (Å²) in [5, 5.41) is 0.00405. The number of hydrogen-bond acceptors (Lipinski definition) is 4. The van der Waals surface area contributed by atoms with Crippen LogP contribution in [0.15, 0.2) is 12.7 Å². The van der Waals surface area contributed by atoms with Crippen molar-refractivity contribution in [2.24, 2.45) is 0 Å². The third kappa shape index (κ3) is 4.42. The van der Waals surface area contributed by atoms with Gasteiger partial charge in [0.1, 0.15) is 6.54 Å². The molecule has 4 nitrogen and oxygen atoms in total. The lowest BCUT2D eigenvalue weighted by Gasteiger charge is -2.22. The van der Waals surface area contributed by atoms with Gasteiger partial charge >= 0.3 is 5.97 Å². The topological polar surface area (TPSA) is 46.6 Å². The van der Waals surface area contributed by atoms with Crippen molar-refractivity contribution in [3.8, 4) is 0 Å². The Morgan fingerprint density at radius 3 is 2.88 bits per heavy atom. The molecule has 0 aromatic rings. The molecule has 0 aliphatic carbocycles. The highest BCUT2D eigenvalue weighted by Crippen LogP contribution is 2.27. The summed E-state index contributed by atoms with van der Waals surface area (Å²) in [6.07, 6.45) is 3.61. The quantitative estimate of drug-likeness (QED) is 0.534. The average Bonchev–Trinajstić information content (AvgIpc) is 2.81. The van der Waals surface area contributed by atoms with Gasteiger partial charge in [0.2, 0.25) is 5.91 Å². The lowest BCUT2D eigenvalue weighted by Crippen LogP contribution is -2.40. The first kappa shape index (κ1) is 14.1. The Morgan fingerprint density at radius 2 is 2.35 bits per heavy atom. The second-order valence-electron chi connectivity index (χ2n) is 3.81. The van der Waals surface area contributed by atoms with E-state index >= 15 is 0 Å². The third-order valence-corrected chi connectivity index (χ3v) is 3.86. The molecule has 0 N–H and O–H groups in total. The number of carbonyl (C=O) groups excluding carboxylic acids is 2. The lowest BCUT2D eigenvalue weighted by atomic mass is 10.2. The molecular formula is C12H19NO3S. The van der Waals surface area contributed by atoms with Gasteiger partial charge in [-0.25, -0.2) is 0 Å². The molecule has 5 heteroatoms. The maximum Gasteiger partial charge on any atom is 0.325 e. The molecule has 0 bridgehead atoms. The first-order valence-electron chi connectivity index (χ1n) is 5.86. The number of esters is 1. The molecule has 0 aromatic carbocycles. The van der Waals surface area contributed by atoms with Crippen LogP contribution >= 0.6 is 11.8 Å². The minimum absolute atomic E-state index is 0.00405. The summed E-state index contributed by atoms with van der Waals surface area (Å²) in [6.45, 7) is 6.13. The summed E-state index contributed by atoms with van der Waals surface area (Å²) in [7, 11) is 0. The Hall–Kier alpha value is -0.970. The highest BCUT2D eigenvalue weighted by Gasteiger charge is 2.28. The monoisotopic (exact) mass is 257 g/mol. The summed E-state index contributed by atoms with van der Waals surface area (Å²) >= 11 is 1.67. The largest absolute Gasteiger partial charge is 0.465 e. The smallest absolute Gasteiger partial charge is 0.325 e. The lowest BCUT2D eigenvalue weighted by molar-refractivity contribution is -0.148. The Morgan fingerprint density at radius 1 is 1.59 bits per heavy atom. The van der Waals surface area contributed by atoms with Gasteiger partial charge in [-0.3, -0.25) is 9.59 Å². The third-order valence-electron chi connectivity index (χ3n) is 2.49. The molecule has 0 saturated carbocycles. The molecule has 1 amide bonds. The van der Waals surface area contributed by atoms with Crippen LogP contribution < -0.4 is 0 Å². The van der Waals surface area contributed by atoms with Crippen LogP contribution in [0.1, 0.15) is 19.8 Å². The zero-order chi connectivity index (χ0) is 12.7. The van der Waals surface area contributed by atoms with Crippen molar-refractivity contribution in [3.63, 3.8) is 0 Å². The van der Waals surface area contributed by atoms with Gasteiger partial charge in [-0.15, -0.1) is 18.3 Å². The van der Waals surface area contributed by atoms with Gasteiger partial charge < -0.3 is 9.64 Å². The number of carbonyl (C=O) groups is 2. The second-order valence-corrected chi connectivity index (χ2v) is 5.12. The zero-order valence-corrected chi connectivity index (χ0v) is 11.0. The van der Waals surface area contributed by atoms with Crippen molar-refractivity contribution in [1.82, 2.24) is 4.90 Å². The minimum atomic E-state index is -0.356. The van der Waals surface area contributed by atoms with Crippen LogP contribution in [0, 0.1) is 0 Å². The molecule has 17 heavy (non-hydrogen) atoms. The van der Waals surface area contributed by atoms with E-state index in [4.69, 9.17) is 4.74 Å². The van der Waals surface area contributed by atoms with Crippen LogP contribution in [0.2, 0.25) is 0 Å². The molecule has 1 fully saturated rings. The van der Waals surface area contributed by atoms with Crippen molar-refractivity contribution < 1.29 is 14.3 Å². The molecule has 1 heterocycles. The van der Waals surface area contributed by atoms with E-state index in [-0.39, 0.29) is 23.7 Å². The fourth-order valence-electron chi connectivity index (χ4n) is 1.73. The maximum atomic E-state index is 12.1. The van der Waals surface area contributed by atoms with E-state index in [0.29, 0.717) is 13.2 Å². The molecule has 1 unspecified atom stereocenters. The van der Waals surface area contributed by atoms with Gasteiger partial charge in [0.15, 0.2) is 0 Å². The number of amides is 1. The average molecular weight is 257 g/mol. The SMILES string of the molecule is C=CCN(CC(=O)OCC)C(=O)C1CCCS1. The van der Waals surface area contributed by atoms with Crippen LogP contribution in [0.3, 0.4) is 0 Å². The molecule has 1 aliphatic rings. The summed E-state index contributed by atoms with van der Waals surface area (Å²) in [4.78, 5) is 25.0. The van der Waals surface area contributed by atoms with Gasteiger partial charge in [0.25, 0.3) is 0 Å². The molecule has 1 rings (SSSR count). The molecule has 0 spiro atoms. The van der Waals surface area contributed by atoms with Crippen molar-refractivity contribution in [1.29, 1.82) is 0 Å². The van der Waals surface area contributed by atoms with E-state index in [1.54, 1.807) is 24.8 Å². The molecule has 96 valence electrons. The molecule has 0 radical (unpaired) electrons. The Balaban J connectivity index is 2.54. The highest BCUT2D eigenvalue weighted by atomic mass is 32.2. The summed E-state index contributed by atoms with van der Waals surface area (Å²) in [6, 6.07) is 0. The molecular weight excluding hydrogens is 238 g/mol. The fraction of sp³-hybridized carbons (Fsp3) is 0.667. The predicted molar refractivity (Wildman–Crippen MR) is 68.9 cm³/mol. The van der Waals surface area contributed by atoms with Gasteiger partial charge in [0.05, 0.1) is 11.9 Å². The van der Waals surface area contributed by atoms with Crippen molar-refractivity contribution in [2.45, 2.75) is 25.0 Å². The maximum absolute atomic E-state index is 12.1. The van der Waals surface area contributed by atoms with Crippen LogP contribution in [-0.4, -0.2) is 47.5 Å². The summed E-state index contributed by atoms with van der Waals surface area (Å²) in [5.74, 6) is 0.698. The number of rotatable bonds is 6. The molecule has 1 saturated heterocycles. The Bertz CT molecular complexity index is 287. The van der Waals surface area contributed by atoms with Gasteiger partial charge in [-0.1, -0.05) is 6.08 Å². The van der Waals surface area contributed by atoms with E-state index in [0.717, 1.165) is 18.6 Å². The first-order chi connectivity index (χ1) is 8.19. The van der Waals surface area contributed by atoms with Crippen LogP contribution in [0.5, 0.6) is 0 Å². The van der Waals surface area contributed by atoms with Crippen LogP contribution in [0.4, 0.5) is 0 Å². The van der Waals surface area contributed by atoms with Gasteiger partial charge in [-0.2, -0.15) is 0 Å². The fourth-order valence-corrected chi connectivity index (χ4v) is 2.97. The van der Waals surface area contributed by atoms with E-state index in [1.807, 2.05) is 0 Å². The predicted octanol–water partition coefficient (Wildman–Crippen LogP) is 1.46. The van der Waals surface area contributed by atoms with E-state index in [2.05, 4.69) is 6.58 Å². The van der Waals surface area contributed by atoms with Crippen LogP contribution in [0.25, 0.3) is 0 Å². The van der Waals surface area contributed by atoms with Crippen molar-refractivity contribution in [2.75, 3.05) is 25.4 Å². The molecule has 0 aromatic heterocycles. The summed E-state index contributed by atoms with van der Waals surface area (Å²) < 4.78 is 4.86. The van der Waals surface area contributed by atoms with Gasteiger partial charge in [0, 0.05) is 6.54 Å². The first-order valence-corrected chi connectivity index (χ1v) is 6.90. The highest BCUT2D eigenvalue weighted by molar-refractivity contribution is 8.00. The zero-order valence-electron chi connectivity index (χ0n) is 10.2. The Kier molecular flexibility index (Phi) is 6.11. The van der Waals surface area contributed by atoms with Gasteiger partial charge in [-0.05, 0) is 25.5 Å². The van der Waals surface area contributed by atoms with E-state index < -0.39 is 0 Å². The van der Waals surface area contributed by atoms with E-state index in [1.165, 1.54) is 4.90 Å². The normalized spacial score (nSPS) is 18.8. The second kappa shape index (κ2) is 7.37. The number of thioether (sulfide) groups is 1. The van der Waals surface area contributed by atoms with Crippen molar-refractivity contribution >= 4 is 23.6 Å². The number of ether oxygens (including phenoxy) is 1. The standard InChI is InChI=1S/C12H19NO3S/c1-3-7-13(9-11(14)16-4-2)12(15)10-6-5-8-17-10/h3,10H,1,4-9H2,2H3. The molecule has 1 aliphatic heterocycles. The van der Waals surface area contributed by atoms with E-state index in [9.17, 15) is 9.59 Å². The Labute approximate surface area is 106 Å². The van der Waals surface area contributed by atoms with Crippen molar-refractivity contribution in [3.05, 3.63) is 12.7 Å². The molecule has 1 atom stereocenters. The minimum Gasteiger partial charge on any atom is -0.465 e.